The number of rotatable bonds is 5. The number of aryl methyl sites for hydroxylation is 1. The van der Waals surface area contributed by atoms with Gasteiger partial charge in [-0.2, -0.15) is 0 Å². The monoisotopic (exact) mass is 315 g/mol. The molecule has 18 heavy (non-hydrogen) atoms. The largest absolute Gasteiger partial charge is 0.496 e. The van der Waals surface area contributed by atoms with Crippen LogP contribution in [0.5, 0.6) is 5.75 Å². The van der Waals surface area contributed by atoms with Gasteiger partial charge in [-0.25, -0.2) is 0 Å². The van der Waals surface area contributed by atoms with Gasteiger partial charge in [0.1, 0.15) is 5.75 Å². The van der Waals surface area contributed by atoms with Crippen molar-refractivity contribution in [1.82, 2.24) is 0 Å². The highest BCUT2D eigenvalue weighted by molar-refractivity contribution is 9.10. The van der Waals surface area contributed by atoms with Crippen molar-refractivity contribution in [2.24, 2.45) is 5.73 Å². The zero-order valence-corrected chi connectivity index (χ0v) is 12.4. The van der Waals surface area contributed by atoms with Crippen LogP contribution in [0.1, 0.15) is 30.0 Å². The summed E-state index contributed by atoms with van der Waals surface area (Å²) in [5, 5.41) is 0. The lowest BCUT2D eigenvalue weighted by atomic mass is 10.0. The number of hydrogen-bond donors (Lipinski definition) is 1. The SMILES string of the molecule is COC(=O)CCC(N)c1cc(Br)c(C)cc1OC. The third-order valence-corrected chi connectivity index (χ3v) is 3.65. The number of hydrogen-bond acceptors (Lipinski definition) is 4. The van der Waals surface area contributed by atoms with E-state index in [4.69, 9.17) is 10.5 Å². The molecule has 0 aliphatic carbocycles. The molecule has 1 aromatic rings. The summed E-state index contributed by atoms with van der Waals surface area (Å²) in [5.41, 5.74) is 8.05. The minimum absolute atomic E-state index is 0.254. The van der Waals surface area contributed by atoms with Crippen LogP contribution in [-0.4, -0.2) is 20.2 Å². The minimum atomic E-state index is -0.254. The first kappa shape index (κ1) is 15.0. The third-order valence-electron chi connectivity index (χ3n) is 2.80. The van der Waals surface area contributed by atoms with Crippen molar-refractivity contribution in [3.05, 3.63) is 27.7 Å². The molecule has 2 N–H and O–H groups in total. The predicted molar refractivity (Wildman–Crippen MR) is 73.6 cm³/mol. The molecule has 0 bridgehead atoms. The summed E-state index contributed by atoms with van der Waals surface area (Å²) < 4.78 is 10.9. The molecule has 0 spiro atoms. The van der Waals surface area contributed by atoms with Crippen molar-refractivity contribution >= 4 is 21.9 Å². The lowest BCUT2D eigenvalue weighted by Crippen LogP contribution is -2.14. The smallest absolute Gasteiger partial charge is 0.305 e. The van der Waals surface area contributed by atoms with Gasteiger partial charge in [-0.3, -0.25) is 4.79 Å². The van der Waals surface area contributed by atoms with Crippen molar-refractivity contribution in [1.29, 1.82) is 0 Å². The Bertz CT molecular complexity index is 434. The maximum Gasteiger partial charge on any atom is 0.305 e. The fourth-order valence-corrected chi connectivity index (χ4v) is 2.03. The van der Waals surface area contributed by atoms with Crippen LogP contribution < -0.4 is 10.5 Å². The molecule has 5 heteroatoms. The molecule has 1 atom stereocenters. The van der Waals surface area contributed by atoms with Crippen LogP contribution in [0.4, 0.5) is 0 Å². The first-order chi connectivity index (χ1) is 8.49. The van der Waals surface area contributed by atoms with E-state index in [9.17, 15) is 4.79 Å². The Kier molecular flexibility index (Phi) is 5.62. The number of benzene rings is 1. The number of nitrogens with two attached hydrogens (primary N) is 1. The molecule has 4 nitrogen and oxygen atoms in total. The second-order valence-corrected chi connectivity index (χ2v) is 4.92. The summed E-state index contributed by atoms with van der Waals surface area (Å²) in [6.07, 6.45) is 0.824. The summed E-state index contributed by atoms with van der Waals surface area (Å²) in [7, 11) is 2.98. The molecule has 0 amide bonds. The Balaban J connectivity index is 2.87. The molecule has 1 aromatic carbocycles. The number of carbonyl (C=O) groups excluding carboxylic acids is 1. The Hall–Kier alpha value is -1.07. The molecule has 1 rings (SSSR count). The Labute approximate surface area is 116 Å². The summed E-state index contributed by atoms with van der Waals surface area (Å²) in [6, 6.07) is 3.61. The van der Waals surface area contributed by atoms with Crippen LogP contribution in [0.25, 0.3) is 0 Å². The zero-order chi connectivity index (χ0) is 13.7. The first-order valence-corrected chi connectivity index (χ1v) is 6.45. The van der Waals surface area contributed by atoms with Crippen molar-refractivity contribution in [3.8, 4) is 5.75 Å². The van der Waals surface area contributed by atoms with E-state index >= 15 is 0 Å². The lowest BCUT2D eigenvalue weighted by molar-refractivity contribution is -0.140. The minimum Gasteiger partial charge on any atom is -0.496 e. The summed E-state index contributed by atoms with van der Waals surface area (Å²) in [6.45, 7) is 1.98. The van der Waals surface area contributed by atoms with E-state index in [0.29, 0.717) is 12.8 Å². The summed E-state index contributed by atoms with van der Waals surface area (Å²) >= 11 is 3.47. The van der Waals surface area contributed by atoms with Gasteiger partial charge in [-0.1, -0.05) is 15.9 Å². The maximum absolute atomic E-state index is 11.1. The molecular formula is C13H18BrNO3. The standard InChI is InChI=1S/C13H18BrNO3/c1-8-6-12(17-2)9(7-10(8)14)11(15)4-5-13(16)18-3/h6-7,11H,4-5,15H2,1-3H3. The summed E-state index contributed by atoms with van der Waals surface area (Å²) in [5.74, 6) is 0.490. The molecule has 0 aliphatic rings. The van der Waals surface area contributed by atoms with E-state index in [0.717, 1.165) is 21.3 Å². The van der Waals surface area contributed by atoms with Gasteiger partial charge in [0.15, 0.2) is 0 Å². The Morgan fingerprint density at radius 2 is 2.11 bits per heavy atom. The van der Waals surface area contributed by atoms with Crippen LogP contribution in [0.3, 0.4) is 0 Å². The van der Waals surface area contributed by atoms with Crippen LogP contribution in [0, 0.1) is 6.92 Å². The van der Waals surface area contributed by atoms with E-state index in [1.165, 1.54) is 7.11 Å². The molecule has 0 heterocycles. The normalized spacial score (nSPS) is 12.1. The van der Waals surface area contributed by atoms with Crippen molar-refractivity contribution in [3.63, 3.8) is 0 Å². The average molecular weight is 316 g/mol. The zero-order valence-electron chi connectivity index (χ0n) is 10.8. The molecule has 0 aliphatic heterocycles. The maximum atomic E-state index is 11.1. The van der Waals surface area contributed by atoms with Gasteiger partial charge < -0.3 is 15.2 Å². The fraction of sp³-hybridized carbons (Fsp3) is 0.462. The van der Waals surface area contributed by atoms with Crippen LogP contribution in [-0.2, 0) is 9.53 Å². The third kappa shape index (κ3) is 3.71. The van der Waals surface area contributed by atoms with E-state index in [1.54, 1.807) is 7.11 Å². The number of halogens is 1. The molecule has 0 saturated heterocycles. The van der Waals surface area contributed by atoms with Gasteiger partial charge >= 0.3 is 5.97 Å². The molecule has 0 radical (unpaired) electrons. The Morgan fingerprint density at radius 3 is 2.67 bits per heavy atom. The van der Waals surface area contributed by atoms with Gasteiger partial charge in [0.2, 0.25) is 0 Å². The van der Waals surface area contributed by atoms with E-state index < -0.39 is 0 Å². The van der Waals surface area contributed by atoms with Gasteiger partial charge in [-0.05, 0) is 31.0 Å². The van der Waals surface area contributed by atoms with Gasteiger partial charge in [-0.15, -0.1) is 0 Å². The van der Waals surface area contributed by atoms with Gasteiger partial charge in [0.05, 0.1) is 14.2 Å². The highest BCUT2D eigenvalue weighted by Crippen LogP contribution is 2.32. The van der Waals surface area contributed by atoms with Crippen molar-refractivity contribution in [2.45, 2.75) is 25.8 Å². The number of carbonyl (C=O) groups is 1. The predicted octanol–water partition coefficient (Wildman–Crippen LogP) is 2.72. The van der Waals surface area contributed by atoms with Gasteiger partial charge in [0, 0.05) is 22.5 Å². The van der Waals surface area contributed by atoms with Crippen LogP contribution >= 0.6 is 15.9 Å². The molecule has 100 valence electrons. The van der Waals surface area contributed by atoms with E-state index in [1.807, 2.05) is 19.1 Å². The fourth-order valence-electron chi connectivity index (χ4n) is 1.67. The number of ether oxygens (including phenoxy) is 2. The molecule has 1 unspecified atom stereocenters. The molecule has 0 aromatic heterocycles. The molecule has 0 fully saturated rings. The van der Waals surface area contributed by atoms with Crippen LogP contribution in [0.2, 0.25) is 0 Å². The average Bonchev–Trinajstić information content (AvgIpc) is 2.37. The van der Waals surface area contributed by atoms with Crippen LogP contribution in [0.15, 0.2) is 16.6 Å². The molecule has 0 saturated carbocycles. The van der Waals surface area contributed by atoms with Crippen molar-refractivity contribution in [2.75, 3.05) is 14.2 Å². The van der Waals surface area contributed by atoms with Crippen molar-refractivity contribution < 1.29 is 14.3 Å². The number of methoxy groups -OCH3 is 2. The first-order valence-electron chi connectivity index (χ1n) is 5.66. The highest BCUT2D eigenvalue weighted by atomic mass is 79.9. The second-order valence-electron chi connectivity index (χ2n) is 4.06. The Morgan fingerprint density at radius 1 is 1.44 bits per heavy atom. The van der Waals surface area contributed by atoms with E-state index in [2.05, 4.69) is 20.7 Å². The molecular weight excluding hydrogens is 298 g/mol. The highest BCUT2D eigenvalue weighted by Gasteiger charge is 2.15. The van der Waals surface area contributed by atoms with E-state index in [-0.39, 0.29) is 12.0 Å². The quantitative estimate of drug-likeness (QED) is 0.849. The topological polar surface area (TPSA) is 61.5 Å². The second kappa shape index (κ2) is 6.75. The summed E-state index contributed by atoms with van der Waals surface area (Å²) in [4.78, 5) is 11.1. The van der Waals surface area contributed by atoms with Gasteiger partial charge in [0.25, 0.3) is 0 Å². The number of esters is 1. The lowest BCUT2D eigenvalue weighted by Gasteiger charge is -2.16.